The summed E-state index contributed by atoms with van der Waals surface area (Å²) in [4.78, 5) is 9.98. The Morgan fingerprint density at radius 2 is 2.22 bits per heavy atom. The van der Waals surface area contributed by atoms with Gasteiger partial charge in [0.15, 0.2) is 0 Å². The van der Waals surface area contributed by atoms with E-state index >= 15 is 0 Å². The minimum atomic E-state index is -0.940. The van der Waals surface area contributed by atoms with Crippen molar-refractivity contribution in [2.45, 2.75) is 19.9 Å². The average molecular weight is 129 g/mol. The van der Waals surface area contributed by atoms with Crippen molar-refractivity contribution < 1.29 is 9.90 Å². The Hall–Kier alpha value is -0.830. The highest BCUT2D eigenvalue weighted by atomic mass is 16.4. The molecule has 0 aromatic rings. The second-order valence-electron chi connectivity index (χ2n) is 2.02. The van der Waals surface area contributed by atoms with Gasteiger partial charge in [-0.05, 0) is 19.4 Å². The number of carboxylic acid groups (broad SMARTS) is 1. The fourth-order valence-corrected chi connectivity index (χ4v) is 0.326. The normalized spacial score (nSPS) is 15.2. The highest BCUT2D eigenvalue weighted by Crippen LogP contribution is 1.95. The Morgan fingerprint density at radius 1 is 1.78 bits per heavy atom. The molecule has 0 spiro atoms. The Labute approximate surface area is 54.2 Å². The lowest BCUT2D eigenvalue weighted by Gasteiger charge is -2.01. The van der Waals surface area contributed by atoms with Gasteiger partial charge in [0.25, 0.3) is 0 Å². The first-order valence-corrected chi connectivity index (χ1v) is 2.70. The molecule has 0 radical (unpaired) electrons. The second-order valence-corrected chi connectivity index (χ2v) is 2.02. The summed E-state index contributed by atoms with van der Waals surface area (Å²) in [5, 5.41) is 8.20. The molecule has 0 aliphatic rings. The summed E-state index contributed by atoms with van der Waals surface area (Å²) in [5.41, 5.74) is 6.04. The van der Waals surface area contributed by atoms with E-state index < -0.39 is 5.97 Å². The number of nitrogens with two attached hydrogens (primary N) is 1. The van der Waals surface area contributed by atoms with Crippen LogP contribution in [0.2, 0.25) is 0 Å². The van der Waals surface area contributed by atoms with E-state index in [2.05, 4.69) is 0 Å². The van der Waals surface area contributed by atoms with Gasteiger partial charge in [-0.2, -0.15) is 0 Å². The molecular weight excluding hydrogens is 118 g/mol. The van der Waals surface area contributed by atoms with Crippen LogP contribution in [0.15, 0.2) is 11.6 Å². The van der Waals surface area contributed by atoms with Crippen molar-refractivity contribution in [3.63, 3.8) is 0 Å². The Morgan fingerprint density at radius 3 is 2.33 bits per heavy atom. The van der Waals surface area contributed by atoms with Gasteiger partial charge in [0, 0.05) is 12.1 Å². The fourth-order valence-electron chi connectivity index (χ4n) is 0.326. The molecule has 3 nitrogen and oxygen atoms in total. The number of carboxylic acids is 1. The number of hydrogen-bond acceptors (Lipinski definition) is 2. The third kappa shape index (κ3) is 3.73. The van der Waals surface area contributed by atoms with Crippen molar-refractivity contribution in [2.24, 2.45) is 5.73 Å². The number of aliphatic carboxylic acids is 1. The van der Waals surface area contributed by atoms with Crippen molar-refractivity contribution in [2.75, 3.05) is 0 Å². The quantitative estimate of drug-likeness (QED) is 0.529. The smallest absolute Gasteiger partial charge is 0.328 e. The summed E-state index contributed by atoms with van der Waals surface area (Å²) in [5.74, 6) is -0.940. The molecule has 0 aliphatic heterocycles. The van der Waals surface area contributed by atoms with Crippen LogP contribution in [-0.4, -0.2) is 17.1 Å². The summed E-state index contributed by atoms with van der Waals surface area (Å²) < 4.78 is 0. The van der Waals surface area contributed by atoms with E-state index in [1.54, 1.807) is 13.8 Å². The third-order valence-electron chi connectivity index (χ3n) is 1.07. The van der Waals surface area contributed by atoms with Crippen LogP contribution in [0, 0.1) is 0 Å². The predicted molar refractivity (Wildman–Crippen MR) is 35.0 cm³/mol. The maximum atomic E-state index is 9.98. The van der Waals surface area contributed by atoms with E-state index in [0.717, 1.165) is 6.08 Å². The molecule has 0 aromatic carbocycles. The SMILES string of the molecule is C/C(=C\C(=O)O)[C@H](C)N. The zero-order valence-corrected chi connectivity index (χ0v) is 5.59. The summed E-state index contributed by atoms with van der Waals surface area (Å²) in [6.07, 6.45) is 1.12. The molecule has 52 valence electrons. The maximum absolute atomic E-state index is 9.98. The summed E-state index contributed by atoms with van der Waals surface area (Å²) >= 11 is 0. The van der Waals surface area contributed by atoms with Gasteiger partial charge in [0.2, 0.25) is 0 Å². The van der Waals surface area contributed by atoms with Gasteiger partial charge in [-0.15, -0.1) is 0 Å². The molecule has 0 unspecified atom stereocenters. The Balaban J connectivity index is 4.00. The topological polar surface area (TPSA) is 63.3 Å². The summed E-state index contributed by atoms with van der Waals surface area (Å²) in [6.45, 7) is 3.44. The van der Waals surface area contributed by atoms with Crippen LogP contribution in [0.3, 0.4) is 0 Å². The van der Waals surface area contributed by atoms with Crippen molar-refractivity contribution >= 4 is 5.97 Å². The Kier molecular flexibility index (Phi) is 2.95. The molecule has 1 atom stereocenters. The van der Waals surface area contributed by atoms with E-state index in [4.69, 9.17) is 10.8 Å². The van der Waals surface area contributed by atoms with Gasteiger partial charge >= 0.3 is 5.97 Å². The van der Waals surface area contributed by atoms with Gasteiger partial charge in [-0.3, -0.25) is 0 Å². The molecule has 0 amide bonds. The standard InChI is InChI=1S/C6H11NO2/c1-4(5(2)7)3-6(8)9/h3,5H,7H2,1-2H3,(H,8,9)/b4-3+/t5-/m0/s1. The number of hydrogen-bond donors (Lipinski definition) is 2. The van der Waals surface area contributed by atoms with Gasteiger partial charge in [0.05, 0.1) is 0 Å². The van der Waals surface area contributed by atoms with Crippen LogP contribution in [0.25, 0.3) is 0 Å². The summed E-state index contributed by atoms with van der Waals surface area (Å²) in [6, 6.07) is -0.166. The summed E-state index contributed by atoms with van der Waals surface area (Å²) in [7, 11) is 0. The van der Waals surface area contributed by atoms with Crippen LogP contribution in [0.4, 0.5) is 0 Å². The van der Waals surface area contributed by atoms with E-state index in [1.165, 1.54) is 0 Å². The van der Waals surface area contributed by atoms with E-state index in [0.29, 0.717) is 5.57 Å². The molecule has 0 aromatic heterocycles. The fraction of sp³-hybridized carbons (Fsp3) is 0.500. The molecule has 0 saturated heterocycles. The zero-order chi connectivity index (χ0) is 7.44. The lowest BCUT2D eigenvalue weighted by atomic mass is 10.1. The van der Waals surface area contributed by atoms with E-state index in [9.17, 15) is 4.79 Å². The molecule has 0 fully saturated rings. The highest BCUT2D eigenvalue weighted by molar-refractivity contribution is 5.80. The van der Waals surface area contributed by atoms with E-state index in [-0.39, 0.29) is 6.04 Å². The molecule has 9 heavy (non-hydrogen) atoms. The molecule has 0 rings (SSSR count). The van der Waals surface area contributed by atoms with Gasteiger partial charge in [-0.25, -0.2) is 4.79 Å². The third-order valence-corrected chi connectivity index (χ3v) is 1.07. The van der Waals surface area contributed by atoms with Gasteiger partial charge in [-0.1, -0.05) is 0 Å². The molecule has 0 aliphatic carbocycles. The molecular formula is C6H11NO2. The van der Waals surface area contributed by atoms with Crippen molar-refractivity contribution in [1.29, 1.82) is 0 Å². The molecule has 3 heteroatoms. The molecule has 0 bridgehead atoms. The minimum Gasteiger partial charge on any atom is -0.478 e. The lowest BCUT2D eigenvalue weighted by Crippen LogP contribution is -2.16. The van der Waals surface area contributed by atoms with Crippen LogP contribution < -0.4 is 5.73 Å². The predicted octanol–water partition coefficient (Wildman–Crippen LogP) is 0.365. The van der Waals surface area contributed by atoms with Crippen LogP contribution in [0.5, 0.6) is 0 Å². The van der Waals surface area contributed by atoms with E-state index in [1.807, 2.05) is 0 Å². The van der Waals surface area contributed by atoms with Crippen molar-refractivity contribution in [3.8, 4) is 0 Å². The van der Waals surface area contributed by atoms with Crippen molar-refractivity contribution in [1.82, 2.24) is 0 Å². The highest BCUT2D eigenvalue weighted by Gasteiger charge is 1.97. The monoisotopic (exact) mass is 129 g/mol. The minimum absolute atomic E-state index is 0.166. The van der Waals surface area contributed by atoms with Crippen LogP contribution >= 0.6 is 0 Å². The Bertz CT molecular complexity index is 138. The molecule has 0 heterocycles. The molecule has 3 N–H and O–H groups in total. The average Bonchev–Trinajstić information content (AvgIpc) is 1.63. The first kappa shape index (κ1) is 8.17. The number of carbonyl (C=O) groups is 1. The largest absolute Gasteiger partial charge is 0.478 e. The van der Waals surface area contributed by atoms with Gasteiger partial charge in [0.1, 0.15) is 0 Å². The second kappa shape index (κ2) is 3.25. The maximum Gasteiger partial charge on any atom is 0.328 e. The first-order valence-electron chi connectivity index (χ1n) is 2.70. The lowest BCUT2D eigenvalue weighted by molar-refractivity contribution is -0.131. The van der Waals surface area contributed by atoms with Crippen LogP contribution in [0.1, 0.15) is 13.8 Å². The van der Waals surface area contributed by atoms with Crippen molar-refractivity contribution in [3.05, 3.63) is 11.6 Å². The number of rotatable bonds is 2. The molecule has 0 saturated carbocycles. The van der Waals surface area contributed by atoms with Crippen LogP contribution in [-0.2, 0) is 4.79 Å². The van der Waals surface area contributed by atoms with Gasteiger partial charge < -0.3 is 10.8 Å². The first-order chi connectivity index (χ1) is 4.04. The zero-order valence-electron chi connectivity index (χ0n) is 5.59.